The van der Waals surface area contributed by atoms with E-state index in [2.05, 4.69) is 0 Å². The van der Waals surface area contributed by atoms with E-state index >= 15 is 0 Å². The summed E-state index contributed by atoms with van der Waals surface area (Å²) in [6.07, 6.45) is 4.18. The summed E-state index contributed by atoms with van der Waals surface area (Å²) in [5.41, 5.74) is 1.90. The zero-order chi connectivity index (χ0) is 14.8. The molecule has 0 amide bonds. The van der Waals surface area contributed by atoms with E-state index in [4.69, 9.17) is 0 Å². The third kappa shape index (κ3) is 2.63. The van der Waals surface area contributed by atoms with E-state index in [0.717, 1.165) is 36.9 Å². The highest BCUT2D eigenvalue weighted by Crippen LogP contribution is 2.32. The maximum Gasteiger partial charge on any atom is 0.256 e. The van der Waals surface area contributed by atoms with Crippen molar-refractivity contribution in [1.29, 1.82) is 0 Å². The van der Waals surface area contributed by atoms with Crippen molar-refractivity contribution in [2.45, 2.75) is 38.3 Å². The minimum atomic E-state index is -0.291. The first kappa shape index (κ1) is 14.0. The van der Waals surface area contributed by atoms with Crippen molar-refractivity contribution in [1.82, 2.24) is 4.57 Å². The van der Waals surface area contributed by atoms with Crippen LogP contribution in [0.5, 0.6) is 0 Å². The number of halogens is 1. The highest BCUT2D eigenvalue weighted by atomic mass is 19.1. The molecule has 1 N–H and O–H groups in total. The summed E-state index contributed by atoms with van der Waals surface area (Å²) in [5.74, 6) is -0.291. The highest BCUT2D eigenvalue weighted by Gasteiger charge is 2.22. The predicted molar refractivity (Wildman–Crippen MR) is 79.5 cm³/mol. The van der Waals surface area contributed by atoms with Gasteiger partial charge >= 0.3 is 0 Å². The maximum atomic E-state index is 13.1. The molecule has 21 heavy (non-hydrogen) atoms. The number of aromatic nitrogens is 1. The Labute approximate surface area is 122 Å². The summed E-state index contributed by atoms with van der Waals surface area (Å²) in [6.45, 7) is -0.255. The van der Waals surface area contributed by atoms with Crippen molar-refractivity contribution in [2.24, 2.45) is 0 Å². The second kappa shape index (κ2) is 5.82. The van der Waals surface area contributed by atoms with Crippen LogP contribution < -0.4 is 5.56 Å². The lowest BCUT2D eigenvalue weighted by Crippen LogP contribution is -2.27. The number of nitrogens with zero attached hydrogens (tertiary/aromatic N) is 1. The van der Waals surface area contributed by atoms with Crippen LogP contribution in [0.4, 0.5) is 4.39 Å². The van der Waals surface area contributed by atoms with Crippen molar-refractivity contribution in [3.63, 3.8) is 0 Å². The summed E-state index contributed by atoms with van der Waals surface area (Å²) < 4.78 is 14.9. The molecule has 110 valence electrons. The van der Waals surface area contributed by atoms with Crippen LogP contribution in [0.2, 0.25) is 0 Å². The van der Waals surface area contributed by atoms with Crippen LogP contribution in [-0.4, -0.2) is 9.67 Å². The summed E-state index contributed by atoms with van der Waals surface area (Å²) in [6, 6.07) is 9.86. The first-order valence-electron chi connectivity index (χ1n) is 7.32. The van der Waals surface area contributed by atoms with Crippen LogP contribution in [0.15, 0.2) is 41.2 Å². The Kier molecular flexibility index (Phi) is 3.88. The molecule has 0 saturated heterocycles. The van der Waals surface area contributed by atoms with Gasteiger partial charge in [-0.1, -0.05) is 12.8 Å². The summed E-state index contributed by atoms with van der Waals surface area (Å²) in [4.78, 5) is 12.6. The summed E-state index contributed by atoms with van der Waals surface area (Å²) in [7, 11) is 0. The standard InChI is InChI=1S/C17H18FNO2/c18-14-8-5-12(6-9-14)16-10-7-13(11-20)17(21)19(16)15-3-1-2-4-15/h5-10,15,20H,1-4,11H2. The van der Waals surface area contributed by atoms with E-state index < -0.39 is 0 Å². The Hall–Kier alpha value is -1.94. The van der Waals surface area contributed by atoms with Crippen molar-refractivity contribution < 1.29 is 9.50 Å². The minimum absolute atomic E-state index is 0.133. The van der Waals surface area contributed by atoms with Gasteiger partial charge in [-0.25, -0.2) is 4.39 Å². The van der Waals surface area contributed by atoms with Gasteiger partial charge < -0.3 is 9.67 Å². The largest absolute Gasteiger partial charge is 0.391 e. The van der Waals surface area contributed by atoms with E-state index in [1.54, 1.807) is 22.8 Å². The quantitative estimate of drug-likeness (QED) is 0.941. The monoisotopic (exact) mass is 287 g/mol. The predicted octanol–water partition coefficient (Wildman–Crippen LogP) is 3.26. The fraction of sp³-hybridized carbons (Fsp3) is 0.353. The Balaban J connectivity index is 2.17. The van der Waals surface area contributed by atoms with Crippen LogP contribution in [0.1, 0.15) is 37.3 Å². The molecular formula is C17H18FNO2. The number of aliphatic hydroxyl groups excluding tert-OH is 1. The molecule has 3 rings (SSSR count). The molecule has 1 aliphatic carbocycles. The minimum Gasteiger partial charge on any atom is -0.391 e. The molecule has 0 spiro atoms. The highest BCUT2D eigenvalue weighted by molar-refractivity contribution is 5.60. The summed E-state index contributed by atoms with van der Waals surface area (Å²) >= 11 is 0. The molecule has 1 heterocycles. The van der Waals surface area contributed by atoms with Crippen LogP contribution >= 0.6 is 0 Å². The van der Waals surface area contributed by atoms with Gasteiger partial charge in [0.15, 0.2) is 0 Å². The normalized spacial score (nSPS) is 15.5. The first-order chi connectivity index (χ1) is 10.2. The Morgan fingerprint density at radius 2 is 1.76 bits per heavy atom. The molecule has 0 radical (unpaired) electrons. The Bertz CT molecular complexity index is 685. The van der Waals surface area contributed by atoms with Gasteiger partial charge in [0, 0.05) is 11.6 Å². The van der Waals surface area contributed by atoms with Crippen molar-refractivity contribution in [3.05, 3.63) is 58.1 Å². The van der Waals surface area contributed by atoms with Crippen LogP contribution in [0.25, 0.3) is 11.3 Å². The van der Waals surface area contributed by atoms with Crippen LogP contribution in [0, 0.1) is 5.82 Å². The fourth-order valence-electron chi connectivity index (χ4n) is 3.10. The maximum absolute atomic E-state index is 13.1. The molecule has 1 saturated carbocycles. The molecule has 3 nitrogen and oxygen atoms in total. The third-order valence-electron chi connectivity index (χ3n) is 4.20. The third-order valence-corrected chi connectivity index (χ3v) is 4.20. The smallest absolute Gasteiger partial charge is 0.256 e. The molecule has 1 fully saturated rings. The lowest BCUT2D eigenvalue weighted by atomic mass is 10.1. The van der Waals surface area contributed by atoms with Gasteiger partial charge in [-0.2, -0.15) is 0 Å². The number of benzene rings is 1. The molecule has 4 heteroatoms. The van der Waals surface area contributed by atoms with E-state index in [9.17, 15) is 14.3 Å². The van der Waals surface area contributed by atoms with Crippen molar-refractivity contribution in [3.8, 4) is 11.3 Å². The summed E-state index contributed by atoms with van der Waals surface area (Å²) in [5, 5.41) is 9.32. The lowest BCUT2D eigenvalue weighted by Gasteiger charge is -2.20. The van der Waals surface area contributed by atoms with E-state index in [-0.39, 0.29) is 24.0 Å². The number of aliphatic hydroxyl groups is 1. The topological polar surface area (TPSA) is 42.2 Å². The number of pyridine rings is 1. The van der Waals surface area contributed by atoms with Gasteiger partial charge in [0.2, 0.25) is 0 Å². The lowest BCUT2D eigenvalue weighted by molar-refractivity contribution is 0.278. The van der Waals surface area contributed by atoms with Gasteiger partial charge in [-0.15, -0.1) is 0 Å². The van der Waals surface area contributed by atoms with Crippen LogP contribution in [-0.2, 0) is 6.61 Å². The van der Waals surface area contributed by atoms with Gasteiger partial charge in [-0.05, 0) is 54.8 Å². The van der Waals surface area contributed by atoms with Gasteiger partial charge in [0.25, 0.3) is 5.56 Å². The fourth-order valence-corrected chi connectivity index (χ4v) is 3.10. The average molecular weight is 287 g/mol. The van der Waals surface area contributed by atoms with Crippen molar-refractivity contribution in [2.75, 3.05) is 0 Å². The SMILES string of the molecule is O=c1c(CO)ccc(-c2ccc(F)cc2)n1C1CCCC1. The first-order valence-corrected chi connectivity index (χ1v) is 7.32. The number of hydrogen-bond donors (Lipinski definition) is 1. The van der Waals surface area contributed by atoms with Gasteiger partial charge in [0.05, 0.1) is 12.3 Å². The van der Waals surface area contributed by atoms with E-state index in [1.165, 1.54) is 12.1 Å². The second-order valence-corrected chi connectivity index (χ2v) is 5.52. The van der Waals surface area contributed by atoms with E-state index in [0.29, 0.717) is 5.56 Å². The second-order valence-electron chi connectivity index (χ2n) is 5.52. The van der Waals surface area contributed by atoms with Gasteiger partial charge in [-0.3, -0.25) is 4.79 Å². The average Bonchev–Trinajstić information content (AvgIpc) is 3.01. The zero-order valence-corrected chi connectivity index (χ0v) is 11.8. The molecule has 1 aliphatic rings. The molecule has 0 atom stereocenters. The molecule has 0 unspecified atom stereocenters. The molecule has 2 aromatic rings. The molecule has 1 aromatic carbocycles. The van der Waals surface area contributed by atoms with E-state index in [1.807, 2.05) is 6.07 Å². The van der Waals surface area contributed by atoms with Gasteiger partial charge in [0.1, 0.15) is 5.82 Å². The van der Waals surface area contributed by atoms with Crippen LogP contribution in [0.3, 0.4) is 0 Å². The molecule has 0 bridgehead atoms. The molecule has 1 aromatic heterocycles. The Morgan fingerprint density at radius 1 is 1.10 bits per heavy atom. The zero-order valence-electron chi connectivity index (χ0n) is 11.8. The molecular weight excluding hydrogens is 269 g/mol. The number of rotatable bonds is 3. The molecule has 0 aliphatic heterocycles. The Morgan fingerprint density at radius 3 is 2.38 bits per heavy atom. The number of hydrogen-bond acceptors (Lipinski definition) is 2. The van der Waals surface area contributed by atoms with Crippen molar-refractivity contribution >= 4 is 0 Å².